The fourth-order valence-electron chi connectivity index (χ4n) is 2.06. The highest BCUT2D eigenvalue weighted by Crippen LogP contribution is 2.19. The molecule has 0 aliphatic heterocycles. The minimum Gasteiger partial charge on any atom is -0.486 e. The molecule has 2 aromatic carbocycles. The van der Waals surface area contributed by atoms with E-state index in [9.17, 15) is 9.18 Å². The van der Waals surface area contributed by atoms with Crippen LogP contribution in [0.15, 0.2) is 53.7 Å². The Kier molecular flexibility index (Phi) is 6.50. The number of benzene rings is 2. The quantitative estimate of drug-likeness (QED) is 0.295. The molecule has 140 valence electrons. The van der Waals surface area contributed by atoms with E-state index in [2.05, 4.69) is 38.1 Å². The molecule has 3 rings (SSSR count). The lowest BCUT2D eigenvalue weighted by atomic mass is 10.3. The van der Waals surface area contributed by atoms with Crippen LogP contribution in [0.4, 0.5) is 10.1 Å². The lowest BCUT2D eigenvalue weighted by Crippen LogP contribution is -2.18. The van der Waals surface area contributed by atoms with Crippen molar-refractivity contribution in [1.82, 2.24) is 14.9 Å². The highest BCUT2D eigenvalue weighted by Gasteiger charge is 2.13. The number of halogens is 2. The fourth-order valence-corrected chi connectivity index (χ4v) is 3.26. The summed E-state index contributed by atoms with van der Waals surface area (Å²) in [6, 6.07) is 13.1. The molecule has 7 nitrogen and oxygen atoms in total. The number of nitrogens with one attached hydrogen (secondary N) is 1. The number of nitrogens with zero attached hydrogens (tertiary/aromatic N) is 3. The molecule has 0 spiro atoms. The van der Waals surface area contributed by atoms with Crippen LogP contribution in [0.3, 0.4) is 0 Å². The van der Waals surface area contributed by atoms with E-state index in [1.165, 1.54) is 40.7 Å². The number of thioether (sulfide) groups is 1. The van der Waals surface area contributed by atoms with Crippen molar-refractivity contribution in [3.05, 3.63) is 63.7 Å². The molecule has 0 saturated heterocycles. The molecule has 0 saturated carbocycles. The van der Waals surface area contributed by atoms with E-state index < -0.39 is 0 Å². The Labute approximate surface area is 172 Å². The SMILES string of the molecule is Nn1c(COc2ccc(F)cc2)nnc1SCC(=O)Nc1ccccc1I. The lowest BCUT2D eigenvalue weighted by Gasteiger charge is -2.07. The number of carbonyl (C=O) groups excluding carboxylic acids is 1. The Morgan fingerprint density at radius 2 is 1.96 bits per heavy atom. The van der Waals surface area contributed by atoms with Gasteiger partial charge >= 0.3 is 0 Å². The molecule has 0 radical (unpaired) electrons. The molecule has 3 N–H and O–H groups in total. The second kappa shape index (κ2) is 9.04. The van der Waals surface area contributed by atoms with Gasteiger partial charge in [-0.05, 0) is 59.0 Å². The van der Waals surface area contributed by atoms with Crippen LogP contribution in [0.5, 0.6) is 5.75 Å². The third-order valence-corrected chi connectivity index (χ3v) is 5.28. The van der Waals surface area contributed by atoms with Gasteiger partial charge in [0.25, 0.3) is 0 Å². The van der Waals surface area contributed by atoms with E-state index >= 15 is 0 Å². The standard InChI is InChI=1S/C17H15FIN5O2S/c18-11-5-7-12(8-6-11)26-9-15-22-23-17(24(15)20)27-10-16(25)21-14-4-2-1-3-13(14)19/h1-8H,9-10,20H2,(H,21,25). The van der Waals surface area contributed by atoms with Crippen LogP contribution < -0.4 is 15.9 Å². The van der Waals surface area contributed by atoms with Crippen molar-refractivity contribution >= 4 is 45.9 Å². The lowest BCUT2D eigenvalue weighted by molar-refractivity contribution is -0.113. The molecule has 0 aliphatic carbocycles. The molecule has 0 fully saturated rings. The van der Waals surface area contributed by atoms with Gasteiger partial charge in [-0.25, -0.2) is 9.07 Å². The van der Waals surface area contributed by atoms with Crippen molar-refractivity contribution < 1.29 is 13.9 Å². The normalized spacial score (nSPS) is 10.6. The number of ether oxygens (including phenoxy) is 1. The van der Waals surface area contributed by atoms with Crippen molar-refractivity contribution in [2.75, 3.05) is 16.9 Å². The second-order valence-corrected chi connectivity index (χ2v) is 7.43. The third kappa shape index (κ3) is 5.32. The molecule has 1 heterocycles. The maximum Gasteiger partial charge on any atom is 0.234 e. The predicted octanol–water partition coefficient (Wildman–Crippen LogP) is 3.05. The molecule has 0 unspecified atom stereocenters. The Balaban J connectivity index is 1.53. The minimum absolute atomic E-state index is 0.0735. The van der Waals surface area contributed by atoms with Gasteiger partial charge in [0.15, 0.2) is 5.82 Å². The zero-order valence-electron chi connectivity index (χ0n) is 13.9. The van der Waals surface area contributed by atoms with Gasteiger partial charge in [-0.2, -0.15) is 0 Å². The summed E-state index contributed by atoms with van der Waals surface area (Å²) in [6.07, 6.45) is 0. The Bertz CT molecular complexity index is 935. The van der Waals surface area contributed by atoms with Gasteiger partial charge in [-0.1, -0.05) is 23.9 Å². The van der Waals surface area contributed by atoms with Crippen molar-refractivity contribution in [3.63, 3.8) is 0 Å². The molecule has 0 bridgehead atoms. The van der Waals surface area contributed by atoms with E-state index in [4.69, 9.17) is 10.6 Å². The van der Waals surface area contributed by atoms with Gasteiger partial charge in [0.05, 0.1) is 11.4 Å². The summed E-state index contributed by atoms with van der Waals surface area (Å²) in [5.41, 5.74) is 0.756. The number of nitrogens with two attached hydrogens (primary N) is 1. The largest absolute Gasteiger partial charge is 0.486 e. The number of hydrogen-bond acceptors (Lipinski definition) is 6. The second-order valence-electron chi connectivity index (χ2n) is 5.33. The number of hydrogen-bond donors (Lipinski definition) is 2. The first kappa shape index (κ1) is 19.4. The van der Waals surface area contributed by atoms with Crippen molar-refractivity contribution in [2.45, 2.75) is 11.8 Å². The van der Waals surface area contributed by atoms with Crippen molar-refractivity contribution in [2.24, 2.45) is 0 Å². The van der Waals surface area contributed by atoms with Crippen molar-refractivity contribution in [3.8, 4) is 5.75 Å². The van der Waals surface area contributed by atoms with E-state index in [1.807, 2.05) is 24.3 Å². The molecule has 3 aromatic rings. The number of nitrogen functional groups attached to an aromatic ring is 1. The zero-order valence-corrected chi connectivity index (χ0v) is 16.9. The van der Waals surface area contributed by atoms with Gasteiger partial charge < -0.3 is 15.9 Å². The Hall–Kier alpha value is -2.34. The van der Waals surface area contributed by atoms with Crippen LogP contribution in [-0.2, 0) is 11.4 Å². The summed E-state index contributed by atoms with van der Waals surface area (Å²) in [5, 5.41) is 11.2. The molecule has 10 heteroatoms. The first-order valence-corrected chi connectivity index (χ1v) is 9.84. The van der Waals surface area contributed by atoms with Gasteiger partial charge in [-0.3, -0.25) is 4.79 Å². The highest BCUT2D eigenvalue weighted by atomic mass is 127. The Morgan fingerprint density at radius 3 is 2.70 bits per heavy atom. The summed E-state index contributed by atoms with van der Waals surface area (Å²) in [7, 11) is 0. The summed E-state index contributed by atoms with van der Waals surface area (Å²) < 4.78 is 20.6. The monoisotopic (exact) mass is 499 g/mol. The number of aromatic nitrogens is 3. The zero-order chi connectivity index (χ0) is 19.2. The molecule has 0 aliphatic rings. The van der Waals surface area contributed by atoms with Crippen LogP contribution in [0.1, 0.15) is 5.82 Å². The van der Waals surface area contributed by atoms with E-state index in [0.717, 1.165) is 9.26 Å². The van der Waals surface area contributed by atoms with Gasteiger partial charge in [0, 0.05) is 3.57 Å². The summed E-state index contributed by atoms with van der Waals surface area (Å²) in [5.74, 6) is 6.46. The van der Waals surface area contributed by atoms with Crippen LogP contribution in [0, 0.1) is 9.39 Å². The fraction of sp³-hybridized carbons (Fsp3) is 0.118. The van der Waals surface area contributed by atoms with Crippen LogP contribution >= 0.6 is 34.4 Å². The van der Waals surface area contributed by atoms with E-state index in [-0.39, 0.29) is 24.1 Å². The Morgan fingerprint density at radius 1 is 1.22 bits per heavy atom. The highest BCUT2D eigenvalue weighted by molar-refractivity contribution is 14.1. The topological polar surface area (TPSA) is 95.1 Å². The number of rotatable bonds is 7. The summed E-state index contributed by atoms with van der Waals surface area (Å²) in [4.78, 5) is 12.1. The maximum absolute atomic E-state index is 12.9. The van der Waals surface area contributed by atoms with Crippen LogP contribution in [0.2, 0.25) is 0 Å². The summed E-state index contributed by atoms with van der Waals surface area (Å²) >= 11 is 3.32. The molecule has 27 heavy (non-hydrogen) atoms. The van der Waals surface area contributed by atoms with Gasteiger partial charge in [0.2, 0.25) is 11.1 Å². The van der Waals surface area contributed by atoms with Gasteiger partial charge in [-0.15, -0.1) is 10.2 Å². The number of carbonyl (C=O) groups is 1. The first-order valence-electron chi connectivity index (χ1n) is 7.78. The van der Waals surface area contributed by atoms with Crippen molar-refractivity contribution in [1.29, 1.82) is 0 Å². The molecule has 1 aromatic heterocycles. The van der Waals surface area contributed by atoms with Crippen LogP contribution in [-0.4, -0.2) is 26.5 Å². The van der Waals surface area contributed by atoms with Crippen LogP contribution in [0.25, 0.3) is 0 Å². The van der Waals surface area contributed by atoms with E-state index in [1.54, 1.807) is 0 Å². The number of anilines is 1. The molecule has 0 atom stereocenters. The third-order valence-electron chi connectivity index (χ3n) is 3.40. The molecular weight excluding hydrogens is 484 g/mol. The molecule has 1 amide bonds. The smallest absolute Gasteiger partial charge is 0.234 e. The first-order chi connectivity index (χ1) is 13.0. The van der Waals surface area contributed by atoms with Gasteiger partial charge in [0.1, 0.15) is 18.2 Å². The average Bonchev–Trinajstić information content (AvgIpc) is 3.01. The predicted molar refractivity (Wildman–Crippen MR) is 109 cm³/mol. The maximum atomic E-state index is 12.9. The average molecular weight is 499 g/mol. The van der Waals surface area contributed by atoms with E-state index in [0.29, 0.717) is 16.7 Å². The summed E-state index contributed by atoms with van der Waals surface area (Å²) in [6.45, 7) is 0.0735. The molecular formula is C17H15FIN5O2S. The number of para-hydroxylation sites is 1. The number of amides is 1. The minimum atomic E-state index is -0.341.